The van der Waals surface area contributed by atoms with Crippen LogP contribution < -0.4 is 19.1 Å². The van der Waals surface area contributed by atoms with Crippen molar-refractivity contribution in [1.82, 2.24) is 9.88 Å². The smallest absolute Gasteiger partial charge is 0.274 e. The molecule has 196 valence electrons. The van der Waals surface area contributed by atoms with Gasteiger partial charge in [0.25, 0.3) is 5.91 Å². The number of halogens is 1. The summed E-state index contributed by atoms with van der Waals surface area (Å²) in [5.74, 6) is 1.94. The topological polar surface area (TPSA) is 87.3 Å². The summed E-state index contributed by atoms with van der Waals surface area (Å²) in [5, 5.41) is 13.2. The highest BCUT2D eigenvalue weighted by Crippen LogP contribution is 2.41. The summed E-state index contributed by atoms with van der Waals surface area (Å²) in [5.41, 5.74) is 3.00. The lowest BCUT2D eigenvalue weighted by Crippen LogP contribution is -2.29. The number of aromatic nitrogens is 1. The van der Waals surface area contributed by atoms with Gasteiger partial charge in [0.1, 0.15) is 23.8 Å². The van der Waals surface area contributed by atoms with Gasteiger partial charge in [-0.1, -0.05) is 0 Å². The molecular formula is C28H32ClN3O5. The Morgan fingerprint density at radius 1 is 1.05 bits per heavy atom. The van der Waals surface area contributed by atoms with Gasteiger partial charge in [0.05, 0.1) is 19.9 Å². The quantitative estimate of drug-likeness (QED) is 0.329. The molecule has 0 saturated heterocycles. The second kappa shape index (κ2) is 11.2. The number of amides is 1. The van der Waals surface area contributed by atoms with E-state index in [0.29, 0.717) is 42.5 Å². The first-order valence-electron chi connectivity index (χ1n) is 11.9. The van der Waals surface area contributed by atoms with E-state index >= 15 is 0 Å². The van der Waals surface area contributed by atoms with E-state index in [1.165, 1.54) is 6.38 Å². The normalized spacial score (nSPS) is 12.5. The fourth-order valence-corrected chi connectivity index (χ4v) is 4.63. The summed E-state index contributed by atoms with van der Waals surface area (Å²) < 4.78 is 16.8. The van der Waals surface area contributed by atoms with Crippen molar-refractivity contribution < 1.29 is 24.1 Å². The Morgan fingerprint density at radius 3 is 2.54 bits per heavy atom. The fourth-order valence-electron chi connectivity index (χ4n) is 4.63. The summed E-state index contributed by atoms with van der Waals surface area (Å²) in [6.45, 7) is 1.83. The lowest BCUT2D eigenvalue weighted by Gasteiger charge is -2.17. The van der Waals surface area contributed by atoms with Gasteiger partial charge in [-0.2, -0.15) is 0 Å². The Hall–Kier alpha value is -3.62. The minimum atomic E-state index is -0.157. The molecule has 0 spiro atoms. The molecule has 1 aliphatic rings. The number of fused-ring (bicyclic) bond motifs is 4. The van der Waals surface area contributed by atoms with E-state index in [9.17, 15) is 9.90 Å². The van der Waals surface area contributed by atoms with Gasteiger partial charge in [0.15, 0.2) is 11.5 Å². The molecule has 0 fully saturated rings. The van der Waals surface area contributed by atoms with Gasteiger partial charge in [-0.3, -0.25) is 4.79 Å². The number of nitrogens with zero attached hydrogens (tertiary/aromatic N) is 2. The Morgan fingerprint density at radius 2 is 1.84 bits per heavy atom. The number of phenolic OH excluding ortho intramolecular Hbond substituents is 1. The molecule has 0 bridgehead atoms. The minimum Gasteiger partial charge on any atom is -0.507 e. The average molecular weight is 526 g/mol. The highest BCUT2D eigenvalue weighted by atomic mass is 35.5. The van der Waals surface area contributed by atoms with Crippen molar-refractivity contribution in [2.75, 3.05) is 59.3 Å². The van der Waals surface area contributed by atoms with Crippen molar-refractivity contribution in [3.05, 3.63) is 53.7 Å². The number of likely N-dealkylation sites (N-methyl/N-ethyl adjacent to an activating group) is 1. The molecule has 5 rings (SSSR count). The number of nitrogens with one attached hydrogen (secondary N) is 1. The molecule has 0 atom stereocenters. The average Bonchev–Trinajstić information content (AvgIpc) is 3.52. The number of benzene rings is 3. The van der Waals surface area contributed by atoms with Crippen LogP contribution >= 0.6 is 11.6 Å². The van der Waals surface area contributed by atoms with Gasteiger partial charge in [-0.25, -0.2) is 0 Å². The molecule has 0 aliphatic carbocycles. The number of ether oxygens (including phenoxy) is 3. The van der Waals surface area contributed by atoms with Crippen molar-refractivity contribution in [3.8, 4) is 23.0 Å². The van der Waals surface area contributed by atoms with Crippen molar-refractivity contribution in [2.24, 2.45) is 0 Å². The zero-order valence-electron chi connectivity index (χ0n) is 21.7. The van der Waals surface area contributed by atoms with Crippen LogP contribution in [0, 0.1) is 0 Å². The van der Waals surface area contributed by atoms with Crippen molar-refractivity contribution >= 4 is 44.9 Å². The monoisotopic (exact) mass is 525 g/mol. The lowest BCUT2D eigenvalue weighted by molar-refractivity contribution is 0.0985. The Kier molecular flexibility index (Phi) is 8.00. The second-order valence-corrected chi connectivity index (χ2v) is 8.94. The highest BCUT2D eigenvalue weighted by Gasteiger charge is 2.29. The van der Waals surface area contributed by atoms with Crippen LogP contribution in [-0.2, 0) is 6.42 Å². The Bertz CT molecular complexity index is 1430. The first-order chi connectivity index (χ1) is 17.9. The van der Waals surface area contributed by atoms with E-state index in [2.05, 4.69) is 16.6 Å². The van der Waals surface area contributed by atoms with Crippen LogP contribution in [0.3, 0.4) is 0 Å². The predicted molar refractivity (Wildman–Crippen MR) is 148 cm³/mol. The molecule has 0 radical (unpaired) electrons. The number of anilines is 1. The number of alkyl halides is 1. The Balaban J connectivity index is 0.00000156. The molecule has 9 heteroatoms. The zero-order valence-corrected chi connectivity index (χ0v) is 22.5. The van der Waals surface area contributed by atoms with Crippen LogP contribution in [0.25, 0.3) is 21.7 Å². The highest BCUT2D eigenvalue weighted by molar-refractivity contribution is 6.15. The van der Waals surface area contributed by atoms with Gasteiger partial charge in [-0.05, 0) is 61.8 Å². The van der Waals surface area contributed by atoms with Crippen LogP contribution in [0.5, 0.6) is 23.0 Å². The van der Waals surface area contributed by atoms with Crippen LogP contribution in [-0.4, -0.2) is 75.3 Å². The standard InChI is InChI=1S/C27H29N3O5.CH3Cl/c1-29(2)9-10-35-26-12-16-11-22(28-21(16)14-25(26)34-4)27(32)30-8-7-18-20-13-17(33-3)5-6-19(20)24(31)15-23(18)30;1-2/h5-6,11-15,28,31H,7-10H2,1-4H3;1H3. The molecule has 3 aromatic carbocycles. The molecular weight excluding hydrogens is 494 g/mol. The molecule has 2 heterocycles. The first-order valence-corrected chi connectivity index (χ1v) is 12.7. The van der Waals surface area contributed by atoms with E-state index in [4.69, 9.17) is 14.2 Å². The molecule has 2 N–H and O–H groups in total. The molecule has 1 aromatic heterocycles. The van der Waals surface area contributed by atoms with Crippen LogP contribution in [0.4, 0.5) is 5.69 Å². The number of carbonyl (C=O) groups is 1. The third kappa shape index (κ3) is 5.12. The van der Waals surface area contributed by atoms with Crippen molar-refractivity contribution in [3.63, 3.8) is 0 Å². The number of methoxy groups -OCH3 is 2. The van der Waals surface area contributed by atoms with E-state index in [1.807, 2.05) is 55.4 Å². The third-order valence-electron chi connectivity index (χ3n) is 6.46. The number of carbonyl (C=O) groups excluding carboxylic acids is 1. The Labute approximate surface area is 221 Å². The maximum atomic E-state index is 13.6. The fraction of sp³-hybridized carbons (Fsp3) is 0.321. The zero-order chi connectivity index (χ0) is 26.7. The molecule has 1 amide bonds. The second-order valence-electron chi connectivity index (χ2n) is 8.94. The lowest BCUT2D eigenvalue weighted by atomic mass is 10.0. The SMILES string of the molecule is CCl.COc1ccc2c(O)cc3c(c2c1)CCN3C(=O)c1cc2cc(OCCN(C)C)c(OC)cc2[nH]1. The van der Waals surface area contributed by atoms with E-state index in [1.54, 1.807) is 25.2 Å². The maximum Gasteiger partial charge on any atom is 0.274 e. The first kappa shape index (κ1) is 26.4. The van der Waals surface area contributed by atoms with Crippen molar-refractivity contribution in [2.45, 2.75) is 6.42 Å². The summed E-state index contributed by atoms with van der Waals surface area (Å²) in [6, 6.07) is 12.8. The summed E-state index contributed by atoms with van der Waals surface area (Å²) >= 11 is 4.64. The number of phenols is 1. The van der Waals surface area contributed by atoms with Gasteiger partial charge in [0.2, 0.25) is 0 Å². The molecule has 1 aliphatic heterocycles. The van der Waals surface area contributed by atoms with Gasteiger partial charge in [0, 0.05) is 47.9 Å². The van der Waals surface area contributed by atoms with Crippen LogP contribution in [0.15, 0.2) is 42.5 Å². The number of aromatic hydroxyl groups is 1. The van der Waals surface area contributed by atoms with Crippen LogP contribution in [0.1, 0.15) is 16.1 Å². The number of rotatable bonds is 7. The van der Waals surface area contributed by atoms with Gasteiger partial charge in [-0.15, -0.1) is 11.6 Å². The summed E-state index contributed by atoms with van der Waals surface area (Å²) in [7, 11) is 7.19. The number of aromatic amines is 1. The minimum absolute atomic E-state index is 0.141. The molecule has 4 aromatic rings. The van der Waals surface area contributed by atoms with Gasteiger partial charge >= 0.3 is 0 Å². The number of hydrogen-bond acceptors (Lipinski definition) is 6. The van der Waals surface area contributed by atoms with Crippen molar-refractivity contribution in [1.29, 1.82) is 0 Å². The third-order valence-corrected chi connectivity index (χ3v) is 6.46. The molecule has 0 unspecified atom stereocenters. The van der Waals surface area contributed by atoms with Crippen LogP contribution in [0.2, 0.25) is 0 Å². The number of H-pyrrole nitrogens is 1. The van der Waals surface area contributed by atoms with E-state index in [-0.39, 0.29) is 11.7 Å². The predicted octanol–water partition coefficient (Wildman–Crippen LogP) is 5.04. The molecule has 0 saturated carbocycles. The summed E-state index contributed by atoms with van der Waals surface area (Å²) in [6.07, 6.45) is 2.17. The van der Waals surface area contributed by atoms with Gasteiger partial charge < -0.3 is 34.1 Å². The largest absolute Gasteiger partial charge is 0.507 e. The van der Waals surface area contributed by atoms with E-state index < -0.39 is 0 Å². The van der Waals surface area contributed by atoms with E-state index in [0.717, 1.165) is 39.5 Å². The summed E-state index contributed by atoms with van der Waals surface area (Å²) in [4.78, 5) is 20.5. The molecule has 8 nitrogen and oxygen atoms in total. The maximum absolute atomic E-state index is 13.6. The number of hydrogen-bond donors (Lipinski definition) is 2. The molecule has 37 heavy (non-hydrogen) atoms.